The highest BCUT2D eigenvalue weighted by atomic mass is 32.2. The summed E-state index contributed by atoms with van der Waals surface area (Å²) in [4.78, 5) is 20.8. The van der Waals surface area contributed by atoms with E-state index in [9.17, 15) is 9.59 Å². The maximum Gasteiger partial charge on any atom is 0.299 e. The molecule has 1 aromatic rings. The second-order valence-corrected chi connectivity index (χ2v) is 3.04. The lowest BCUT2D eigenvalue weighted by atomic mass is 10.1. The average molecular weight is 230 g/mol. The summed E-state index contributed by atoms with van der Waals surface area (Å²) >= 11 is -2.61. The average Bonchev–Trinajstić information content (AvgIpc) is 2.17. The second kappa shape index (κ2) is 6.99. The normalized spacial score (nSPS) is 9.07. The van der Waals surface area contributed by atoms with Gasteiger partial charge in [-0.05, 0) is 6.92 Å². The van der Waals surface area contributed by atoms with Crippen LogP contribution in [0.1, 0.15) is 15.9 Å². The molecular formula is C9H10O5S. The molecule has 82 valence electrons. The third-order valence-corrected chi connectivity index (χ3v) is 1.44. The van der Waals surface area contributed by atoms with Gasteiger partial charge in [-0.25, -0.2) is 0 Å². The number of hydrogen-bond donors (Lipinski definition) is 2. The number of rotatable bonds is 2. The van der Waals surface area contributed by atoms with Gasteiger partial charge in [0.1, 0.15) is 0 Å². The van der Waals surface area contributed by atoms with Gasteiger partial charge in [0.25, 0.3) is 11.4 Å². The molecule has 5 nitrogen and oxygen atoms in total. The Morgan fingerprint density at radius 1 is 1.27 bits per heavy atom. The molecule has 6 heteroatoms. The predicted molar refractivity (Wildman–Crippen MR) is 55.0 cm³/mol. The monoisotopic (exact) mass is 230 g/mol. The molecule has 0 aliphatic rings. The summed E-state index contributed by atoms with van der Waals surface area (Å²) in [6, 6.07) is 6.89. The maximum atomic E-state index is 10.8. The van der Waals surface area contributed by atoms with Gasteiger partial charge in [0.2, 0.25) is 5.78 Å². The smallest absolute Gasteiger partial charge is 0.294 e. The minimum absolute atomic E-state index is 0.324. The van der Waals surface area contributed by atoms with E-state index in [0.29, 0.717) is 11.8 Å². The summed E-state index contributed by atoms with van der Waals surface area (Å²) in [6.45, 7) is 1.93. The Kier molecular flexibility index (Phi) is 6.35. The molecule has 15 heavy (non-hydrogen) atoms. The summed E-state index contributed by atoms with van der Waals surface area (Å²) < 4.78 is 22.8. The molecule has 0 spiro atoms. The molecule has 0 saturated heterocycles. The standard InChI is InChI=1S/C9H8O2.H2O3S/c1-7-2-4-8(5-3-7)9(11)6-10;1-4(2)3/h2-6H,1H3;(H2,1,2,3). The zero-order valence-electron chi connectivity index (χ0n) is 7.91. The number of carbonyl (C=O) groups excluding carboxylic acids is 2. The highest BCUT2D eigenvalue weighted by Gasteiger charge is 2.00. The Bertz CT molecular complexity index is 353. The molecular weight excluding hydrogens is 220 g/mol. The minimum Gasteiger partial charge on any atom is -0.294 e. The van der Waals surface area contributed by atoms with E-state index >= 15 is 0 Å². The van der Waals surface area contributed by atoms with Gasteiger partial charge in [-0.2, -0.15) is 4.21 Å². The molecule has 0 saturated carbocycles. The van der Waals surface area contributed by atoms with Crippen LogP contribution in [0, 0.1) is 6.92 Å². The first-order valence-corrected chi connectivity index (χ1v) is 4.90. The predicted octanol–water partition coefficient (Wildman–Crippen LogP) is 1.06. The van der Waals surface area contributed by atoms with Crippen molar-refractivity contribution >= 4 is 23.4 Å². The van der Waals surface area contributed by atoms with Crippen molar-refractivity contribution in [2.24, 2.45) is 0 Å². The van der Waals surface area contributed by atoms with Crippen molar-refractivity contribution in [1.82, 2.24) is 0 Å². The van der Waals surface area contributed by atoms with Crippen molar-refractivity contribution in [3.8, 4) is 0 Å². The first kappa shape index (κ1) is 13.6. The van der Waals surface area contributed by atoms with Gasteiger partial charge in [-0.1, -0.05) is 29.8 Å². The molecule has 0 atom stereocenters. The van der Waals surface area contributed by atoms with Gasteiger partial charge in [0.15, 0.2) is 6.29 Å². The molecule has 0 amide bonds. The van der Waals surface area contributed by atoms with E-state index in [4.69, 9.17) is 13.3 Å². The summed E-state index contributed by atoms with van der Waals surface area (Å²) in [6.07, 6.45) is 0.324. The summed E-state index contributed by atoms with van der Waals surface area (Å²) in [5.74, 6) is -0.468. The number of hydrogen-bond acceptors (Lipinski definition) is 3. The van der Waals surface area contributed by atoms with Gasteiger partial charge < -0.3 is 0 Å². The number of ketones is 1. The summed E-state index contributed by atoms with van der Waals surface area (Å²) in [5.41, 5.74) is 1.53. The fourth-order valence-electron chi connectivity index (χ4n) is 0.786. The maximum absolute atomic E-state index is 10.8. The van der Waals surface area contributed by atoms with Crippen molar-refractivity contribution in [3.63, 3.8) is 0 Å². The van der Waals surface area contributed by atoms with Crippen LogP contribution < -0.4 is 0 Å². The van der Waals surface area contributed by atoms with Crippen LogP contribution in [-0.4, -0.2) is 25.4 Å². The fourth-order valence-corrected chi connectivity index (χ4v) is 0.786. The summed E-state index contributed by atoms with van der Waals surface area (Å²) in [7, 11) is 0. The Labute approximate surface area is 89.2 Å². The first-order valence-electron chi connectivity index (χ1n) is 3.83. The zero-order chi connectivity index (χ0) is 11.8. The van der Waals surface area contributed by atoms with Crippen LogP contribution >= 0.6 is 0 Å². The molecule has 0 aromatic heterocycles. The largest absolute Gasteiger partial charge is 0.299 e. The molecule has 0 radical (unpaired) electrons. The number of benzene rings is 1. The third kappa shape index (κ3) is 6.67. The zero-order valence-corrected chi connectivity index (χ0v) is 8.73. The quantitative estimate of drug-likeness (QED) is 0.343. The van der Waals surface area contributed by atoms with Crippen molar-refractivity contribution in [1.29, 1.82) is 0 Å². The Hall–Kier alpha value is -1.37. The Balaban J connectivity index is 0.000000423. The molecule has 1 aromatic carbocycles. The van der Waals surface area contributed by atoms with E-state index in [1.807, 2.05) is 6.92 Å². The van der Waals surface area contributed by atoms with Gasteiger partial charge in [0.05, 0.1) is 0 Å². The SMILES string of the molecule is Cc1ccc(C(=O)C=O)cc1.O=S(O)O. The third-order valence-electron chi connectivity index (χ3n) is 1.44. The Morgan fingerprint density at radius 3 is 2.00 bits per heavy atom. The van der Waals surface area contributed by atoms with Crippen LogP contribution in [0.25, 0.3) is 0 Å². The van der Waals surface area contributed by atoms with Gasteiger partial charge in [-0.15, -0.1) is 0 Å². The lowest BCUT2D eigenvalue weighted by Crippen LogP contribution is -1.98. The molecule has 0 aliphatic heterocycles. The molecule has 0 unspecified atom stereocenters. The van der Waals surface area contributed by atoms with E-state index in [1.54, 1.807) is 24.3 Å². The van der Waals surface area contributed by atoms with Gasteiger partial charge >= 0.3 is 0 Å². The molecule has 0 heterocycles. The number of aryl methyl sites for hydroxylation is 1. The van der Waals surface area contributed by atoms with Gasteiger partial charge in [-0.3, -0.25) is 18.7 Å². The lowest BCUT2D eigenvalue weighted by molar-refractivity contribution is -0.104. The molecule has 2 N–H and O–H groups in total. The van der Waals surface area contributed by atoms with Crippen molar-refractivity contribution in [3.05, 3.63) is 35.4 Å². The topological polar surface area (TPSA) is 91.7 Å². The number of carbonyl (C=O) groups is 2. The Morgan fingerprint density at radius 2 is 1.67 bits per heavy atom. The number of aldehydes is 1. The molecule has 0 fully saturated rings. The lowest BCUT2D eigenvalue weighted by Gasteiger charge is -1.93. The van der Waals surface area contributed by atoms with E-state index in [1.165, 1.54) is 0 Å². The molecule has 0 bridgehead atoms. The van der Waals surface area contributed by atoms with Crippen LogP contribution in [-0.2, 0) is 16.2 Å². The minimum atomic E-state index is -2.61. The second-order valence-electron chi connectivity index (χ2n) is 2.58. The molecule has 1 rings (SSSR count). The van der Waals surface area contributed by atoms with E-state index in [0.717, 1.165) is 5.56 Å². The highest BCUT2D eigenvalue weighted by molar-refractivity contribution is 7.73. The van der Waals surface area contributed by atoms with Crippen LogP contribution in [0.15, 0.2) is 24.3 Å². The van der Waals surface area contributed by atoms with Crippen LogP contribution in [0.2, 0.25) is 0 Å². The van der Waals surface area contributed by atoms with E-state index < -0.39 is 17.1 Å². The van der Waals surface area contributed by atoms with E-state index in [-0.39, 0.29) is 0 Å². The van der Waals surface area contributed by atoms with Crippen LogP contribution in [0.5, 0.6) is 0 Å². The van der Waals surface area contributed by atoms with Crippen LogP contribution in [0.3, 0.4) is 0 Å². The van der Waals surface area contributed by atoms with Crippen molar-refractivity contribution < 1.29 is 22.9 Å². The van der Waals surface area contributed by atoms with E-state index in [2.05, 4.69) is 0 Å². The number of Topliss-reactive ketones (excluding diaryl/α,β-unsaturated/α-hetero) is 1. The van der Waals surface area contributed by atoms with Crippen molar-refractivity contribution in [2.75, 3.05) is 0 Å². The van der Waals surface area contributed by atoms with Crippen LogP contribution in [0.4, 0.5) is 0 Å². The van der Waals surface area contributed by atoms with Crippen molar-refractivity contribution in [2.45, 2.75) is 6.92 Å². The molecule has 0 aliphatic carbocycles. The summed E-state index contributed by atoms with van der Waals surface area (Å²) in [5, 5.41) is 0. The first-order chi connectivity index (χ1) is 6.97. The highest BCUT2D eigenvalue weighted by Crippen LogP contribution is 2.02. The fraction of sp³-hybridized carbons (Fsp3) is 0.111. The van der Waals surface area contributed by atoms with Gasteiger partial charge in [0, 0.05) is 5.56 Å².